The van der Waals surface area contributed by atoms with Crippen LogP contribution in [0.1, 0.15) is 15.9 Å². The van der Waals surface area contributed by atoms with Crippen LogP contribution in [0.5, 0.6) is 0 Å². The molecule has 0 aliphatic carbocycles. The van der Waals surface area contributed by atoms with Gasteiger partial charge in [0.2, 0.25) is 5.91 Å². The number of esters is 1. The first-order valence-corrected chi connectivity index (χ1v) is 9.46. The zero-order chi connectivity index (χ0) is 22.7. The number of ether oxygens (including phenoxy) is 1. The van der Waals surface area contributed by atoms with E-state index < -0.39 is 17.4 Å². The van der Waals surface area contributed by atoms with E-state index in [1.165, 1.54) is 42.4 Å². The molecule has 0 bridgehead atoms. The lowest BCUT2D eigenvalue weighted by atomic mass is 10.2. The fourth-order valence-electron chi connectivity index (χ4n) is 3.08. The molecule has 1 N–H and O–H groups in total. The van der Waals surface area contributed by atoms with E-state index in [0.29, 0.717) is 16.8 Å². The Bertz CT molecular complexity index is 1360. The average molecular weight is 436 g/mol. The van der Waals surface area contributed by atoms with Gasteiger partial charge < -0.3 is 10.1 Å². The van der Waals surface area contributed by atoms with E-state index in [4.69, 9.17) is 0 Å². The number of nitrogens with one attached hydrogen (secondary N) is 1. The highest BCUT2D eigenvalue weighted by molar-refractivity contribution is 5.93. The number of nitrogens with zero attached hydrogens (tertiary/aromatic N) is 5. The predicted octanol–water partition coefficient (Wildman–Crippen LogP) is 1.60. The minimum absolute atomic E-state index is 0.000802. The lowest BCUT2D eigenvalue weighted by Gasteiger charge is -2.08. The third kappa shape index (κ3) is 4.36. The number of fused-ring (bicyclic) bond motifs is 1. The summed E-state index contributed by atoms with van der Waals surface area (Å²) in [6.45, 7) is -0.107. The molecular formula is C21H17FN6O4. The van der Waals surface area contributed by atoms with E-state index in [1.807, 2.05) is 0 Å². The van der Waals surface area contributed by atoms with E-state index >= 15 is 0 Å². The second kappa shape index (κ2) is 8.76. The maximum absolute atomic E-state index is 13.4. The van der Waals surface area contributed by atoms with Gasteiger partial charge in [-0.2, -0.15) is 0 Å². The van der Waals surface area contributed by atoms with Gasteiger partial charge in [0.15, 0.2) is 11.2 Å². The molecule has 32 heavy (non-hydrogen) atoms. The zero-order valence-corrected chi connectivity index (χ0v) is 16.9. The molecule has 4 aromatic rings. The summed E-state index contributed by atoms with van der Waals surface area (Å²) in [6.07, 6.45) is 1.23. The van der Waals surface area contributed by atoms with Crippen LogP contribution in [0.25, 0.3) is 11.2 Å². The molecule has 10 nitrogen and oxygen atoms in total. The molecule has 2 aromatic heterocycles. The minimum atomic E-state index is -0.531. The van der Waals surface area contributed by atoms with Crippen LogP contribution in [-0.4, -0.2) is 43.5 Å². The smallest absolute Gasteiger partial charge is 0.337 e. The summed E-state index contributed by atoms with van der Waals surface area (Å²) in [5.41, 5.74) is 1.13. The van der Waals surface area contributed by atoms with Crippen LogP contribution in [0.4, 0.5) is 10.1 Å². The van der Waals surface area contributed by atoms with Crippen molar-refractivity contribution < 1.29 is 18.7 Å². The number of aromatic nitrogens is 5. The highest BCUT2D eigenvalue weighted by Gasteiger charge is 2.14. The van der Waals surface area contributed by atoms with Crippen molar-refractivity contribution in [2.45, 2.75) is 13.1 Å². The topological polar surface area (TPSA) is 121 Å². The van der Waals surface area contributed by atoms with Crippen LogP contribution in [0.2, 0.25) is 0 Å². The predicted molar refractivity (Wildman–Crippen MR) is 111 cm³/mol. The van der Waals surface area contributed by atoms with Crippen molar-refractivity contribution in [1.82, 2.24) is 24.5 Å². The monoisotopic (exact) mass is 436 g/mol. The number of benzene rings is 2. The normalized spacial score (nSPS) is 10.8. The van der Waals surface area contributed by atoms with E-state index in [9.17, 15) is 18.8 Å². The van der Waals surface area contributed by atoms with Gasteiger partial charge >= 0.3 is 5.97 Å². The third-order valence-corrected chi connectivity index (χ3v) is 4.62. The van der Waals surface area contributed by atoms with E-state index in [1.54, 1.807) is 24.3 Å². The molecule has 0 saturated carbocycles. The second-order valence-corrected chi connectivity index (χ2v) is 6.84. The Balaban J connectivity index is 1.49. The van der Waals surface area contributed by atoms with Gasteiger partial charge in [-0.25, -0.2) is 18.9 Å². The quantitative estimate of drug-likeness (QED) is 0.456. The number of rotatable bonds is 6. The summed E-state index contributed by atoms with van der Waals surface area (Å²) in [7, 11) is 1.28. The van der Waals surface area contributed by atoms with Crippen molar-refractivity contribution in [2.75, 3.05) is 12.4 Å². The number of halogens is 1. The molecule has 0 aliphatic heterocycles. The first kappa shape index (κ1) is 20.8. The molecule has 1 amide bonds. The Morgan fingerprint density at radius 3 is 2.66 bits per heavy atom. The maximum Gasteiger partial charge on any atom is 0.337 e. The molecule has 0 fully saturated rings. The van der Waals surface area contributed by atoms with E-state index in [-0.39, 0.29) is 30.1 Å². The molecule has 4 rings (SSSR count). The minimum Gasteiger partial charge on any atom is -0.465 e. The summed E-state index contributed by atoms with van der Waals surface area (Å²) in [4.78, 5) is 40.7. The van der Waals surface area contributed by atoms with Crippen LogP contribution in [-0.2, 0) is 22.6 Å². The van der Waals surface area contributed by atoms with Crippen molar-refractivity contribution in [1.29, 1.82) is 0 Å². The Morgan fingerprint density at radius 2 is 1.94 bits per heavy atom. The maximum atomic E-state index is 13.4. The lowest BCUT2D eigenvalue weighted by molar-refractivity contribution is -0.116. The molecule has 2 aromatic carbocycles. The molecular weight excluding hydrogens is 419 g/mol. The van der Waals surface area contributed by atoms with Gasteiger partial charge in [0.25, 0.3) is 5.56 Å². The fraction of sp³-hybridized carbons (Fsp3) is 0.143. The molecule has 0 atom stereocenters. The molecule has 0 spiro atoms. The Labute approximate surface area is 180 Å². The summed E-state index contributed by atoms with van der Waals surface area (Å²) in [5.74, 6) is -1.33. The van der Waals surface area contributed by atoms with Crippen molar-refractivity contribution in [2.24, 2.45) is 0 Å². The van der Waals surface area contributed by atoms with Gasteiger partial charge in [-0.05, 0) is 42.0 Å². The van der Waals surface area contributed by atoms with Crippen LogP contribution < -0.4 is 10.9 Å². The van der Waals surface area contributed by atoms with Crippen molar-refractivity contribution in [3.8, 4) is 0 Å². The standard InChI is InChI=1S/C21H17FN6O4/c1-32-21(31)14-5-7-16(8-6-14)24-17(29)11-27-12-23-19-18(20(27)30)25-26-28(19)10-13-3-2-4-15(22)9-13/h2-9,12H,10-11H2,1H3,(H,24,29). The van der Waals surface area contributed by atoms with Crippen LogP contribution in [0, 0.1) is 5.82 Å². The van der Waals surface area contributed by atoms with Crippen molar-refractivity contribution in [3.63, 3.8) is 0 Å². The second-order valence-electron chi connectivity index (χ2n) is 6.84. The van der Waals surface area contributed by atoms with E-state index in [2.05, 4.69) is 25.3 Å². The van der Waals surface area contributed by atoms with Crippen LogP contribution in [0.3, 0.4) is 0 Å². The highest BCUT2D eigenvalue weighted by atomic mass is 19.1. The summed E-state index contributed by atoms with van der Waals surface area (Å²) < 4.78 is 20.5. The van der Waals surface area contributed by atoms with Gasteiger partial charge in [-0.3, -0.25) is 14.2 Å². The fourth-order valence-corrected chi connectivity index (χ4v) is 3.08. The van der Waals surface area contributed by atoms with Crippen molar-refractivity contribution >= 4 is 28.7 Å². The summed E-state index contributed by atoms with van der Waals surface area (Å²) in [6, 6.07) is 12.1. The molecule has 0 aliphatic rings. The van der Waals surface area contributed by atoms with Crippen molar-refractivity contribution in [3.05, 3.63) is 82.2 Å². The Morgan fingerprint density at radius 1 is 1.16 bits per heavy atom. The number of carbonyl (C=O) groups is 2. The Hall–Kier alpha value is -4.41. The SMILES string of the molecule is COC(=O)c1ccc(NC(=O)Cn2cnc3c(nnn3Cc3cccc(F)c3)c2=O)cc1. The molecule has 0 unspecified atom stereocenters. The number of carbonyl (C=O) groups excluding carboxylic acids is 2. The molecule has 162 valence electrons. The number of amides is 1. The highest BCUT2D eigenvalue weighted by Crippen LogP contribution is 2.11. The number of anilines is 1. The molecule has 0 radical (unpaired) electrons. The van der Waals surface area contributed by atoms with Crippen LogP contribution >= 0.6 is 0 Å². The third-order valence-electron chi connectivity index (χ3n) is 4.62. The van der Waals surface area contributed by atoms with Crippen LogP contribution in [0.15, 0.2) is 59.7 Å². The van der Waals surface area contributed by atoms with Gasteiger partial charge in [0.1, 0.15) is 18.7 Å². The Kier molecular flexibility index (Phi) is 5.71. The van der Waals surface area contributed by atoms with Gasteiger partial charge in [0.05, 0.1) is 19.2 Å². The molecule has 11 heteroatoms. The van der Waals surface area contributed by atoms with Gasteiger partial charge in [0, 0.05) is 5.69 Å². The number of hydrogen-bond acceptors (Lipinski definition) is 7. The summed E-state index contributed by atoms with van der Waals surface area (Å²) >= 11 is 0. The zero-order valence-electron chi connectivity index (χ0n) is 16.9. The van der Waals surface area contributed by atoms with E-state index in [0.717, 1.165) is 4.57 Å². The van der Waals surface area contributed by atoms with Gasteiger partial charge in [-0.15, -0.1) is 5.10 Å². The lowest BCUT2D eigenvalue weighted by Crippen LogP contribution is -2.28. The average Bonchev–Trinajstić information content (AvgIpc) is 3.19. The first-order chi connectivity index (χ1) is 15.4. The number of methoxy groups -OCH3 is 1. The largest absolute Gasteiger partial charge is 0.465 e. The summed E-state index contributed by atoms with van der Waals surface area (Å²) in [5, 5.41) is 10.4. The molecule has 2 heterocycles. The first-order valence-electron chi connectivity index (χ1n) is 9.46. The van der Waals surface area contributed by atoms with Gasteiger partial charge in [-0.1, -0.05) is 17.3 Å². The molecule has 0 saturated heterocycles. The number of hydrogen-bond donors (Lipinski definition) is 1.